The van der Waals surface area contributed by atoms with Crippen molar-refractivity contribution in [1.82, 2.24) is 14.7 Å². The van der Waals surface area contributed by atoms with E-state index in [-0.39, 0.29) is 11.9 Å². The molecule has 1 aliphatic rings. The van der Waals surface area contributed by atoms with Crippen molar-refractivity contribution in [2.24, 2.45) is 7.05 Å². The Kier molecular flexibility index (Phi) is 7.35. The summed E-state index contributed by atoms with van der Waals surface area (Å²) in [5.74, 6) is 0.403. The van der Waals surface area contributed by atoms with Crippen molar-refractivity contribution < 1.29 is 13.9 Å². The third-order valence-corrected chi connectivity index (χ3v) is 5.60. The summed E-state index contributed by atoms with van der Waals surface area (Å²) in [6.45, 7) is 6.04. The van der Waals surface area contributed by atoms with Gasteiger partial charge in [-0.25, -0.2) is 4.39 Å². The number of ether oxygens (including phenoxy) is 2. The van der Waals surface area contributed by atoms with Gasteiger partial charge in [0, 0.05) is 38.8 Å². The molecule has 1 saturated heterocycles. The summed E-state index contributed by atoms with van der Waals surface area (Å²) in [4.78, 5) is 2.43. The van der Waals surface area contributed by atoms with Crippen LogP contribution < -0.4 is 4.74 Å². The van der Waals surface area contributed by atoms with Crippen LogP contribution in [-0.2, 0) is 18.2 Å². The zero-order chi connectivity index (χ0) is 22.3. The van der Waals surface area contributed by atoms with Crippen molar-refractivity contribution in [1.29, 1.82) is 0 Å². The van der Waals surface area contributed by atoms with Crippen molar-refractivity contribution >= 4 is 6.08 Å². The molecule has 1 fully saturated rings. The molecule has 168 valence electrons. The SMILES string of the molecule is C/C(=C\c1ccccc1)CN1CCOC(c2cc(CCOc3ccc(F)cc3)n(C)n2)C1. The lowest BCUT2D eigenvalue weighted by Crippen LogP contribution is -2.39. The van der Waals surface area contributed by atoms with Crippen LogP contribution in [-0.4, -0.2) is 47.5 Å². The van der Waals surface area contributed by atoms with Crippen LogP contribution in [0.2, 0.25) is 0 Å². The molecule has 0 bridgehead atoms. The summed E-state index contributed by atoms with van der Waals surface area (Å²) < 4.78 is 26.7. The molecule has 4 rings (SSSR count). The summed E-state index contributed by atoms with van der Waals surface area (Å²) >= 11 is 0. The Balaban J connectivity index is 1.32. The van der Waals surface area contributed by atoms with Gasteiger partial charge in [-0.15, -0.1) is 0 Å². The Morgan fingerprint density at radius 3 is 2.75 bits per heavy atom. The van der Waals surface area contributed by atoms with Gasteiger partial charge in [-0.2, -0.15) is 5.10 Å². The van der Waals surface area contributed by atoms with E-state index in [0.29, 0.717) is 19.0 Å². The lowest BCUT2D eigenvalue weighted by Gasteiger charge is -2.32. The van der Waals surface area contributed by atoms with Gasteiger partial charge in [0.1, 0.15) is 17.7 Å². The number of benzene rings is 2. The third kappa shape index (κ3) is 6.05. The molecule has 0 amide bonds. The quantitative estimate of drug-likeness (QED) is 0.516. The minimum absolute atomic E-state index is 0.0359. The van der Waals surface area contributed by atoms with E-state index in [1.165, 1.54) is 23.3 Å². The molecule has 0 N–H and O–H groups in total. The van der Waals surface area contributed by atoms with E-state index in [9.17, 15) is 4.39 Å². The van der Waals surface area contributed by atoms with Crippen molar-refractivity contribution in [3.8, 4) is 5.75 Å². The van der Waals surface area contributed by atoms with Crippen LogP contribution in [0, 0.1) is 5.82 Å². The first-order valence-electron chi connectivity index (χ1n) is 11.0. The van der Waals surface area contributed by atoms with Gasteiger partial charge in [0.2, 0.25) is 0 Å². The van der Waals surface area contributed by atoms with Crippen molar-refractivity contribution in [2.75, 3.05) is 32.8 Å². The average molecular weight is 436 g/mol. The van der Waals surface area contributed by atoms with Gasteiger partial charge in [0.25, 0.3) is 0 Å². The van der Waals surface area contributed by atoms with Crippen LogP contribution in [0.1, 0.15) is 30.0 Å². The third-order valence-electron chi connectivity index (χ3n) is 5.60. The van der Waals surface area contributed by atoms with Crippen LogP contribution in [0.5, 0.6) is 5.75 Å². The number of aryl methyl sites for hydroxylation is 1. The molecule has 0 aliphatic carbocycles. The molecule has 5 nitrogen and oxygen atoms in total. The van der Waals surface area contributed by atoms with E-state index in [2.05, 4.69) is 48.2 Å². The van der Waals surface area contributed by atoms with E-state index in [0.717, 1.165) is 37.4 Å². The highest BCUT2D eigenvalue weighted by Crippen LogP contribution is 2.23. The molecule has 1 atom stereocenters. The smallest absolute Gasteiger partial charge is 0.123 e. The fourth-order valence-electron chi connectivity index (χ4n) is 3.98. The highest BCUT2D eigenvalue weighted by Gasteiger charge is 2.24. The standard InChI is InChI=1S/C26H30FN3O2/c1-20(16-21-6-4-3-5-7-21)18-30-13-15-32-26(19-30)25-17-23(29(2)28-25)12-14-31-24-10-8-22(27)9-11-24/h3-11,16-17,26H,12-15,18-19H2,1-2H3/b20-16+. The van der Waals surface area contributed by atoms with Crippen molar-refractivity contribution in [3.63, 3.8) is 0 Å². The Hall–Kier alpha value is -2.96. The first-order valence-corrected chi connectivity index (χ1v) is 11.0. The second-order valence-electron chi connectivity index (χ2n) is 8.23. The van der Waals surface area contributed by atoms with Gasteiger partial charge in [0.05, 0.1) is 18.9 Å². The molecule has 2 heterocycles. The minimum Gasteiger partial charge on any atom is -0.493 e. The maximum atomic E-state index is 13.0. The summed E-state index contributed by atoms with van der Waals surface area (Å²) in [6.07, 6.45) is 2.92. The van der Waals surface area contributed by atoms with Gasteiger partial charge in [-0.3, -0.25) is 9.58 Å². The molecule has 0 spiro atoms. The van der Waals surface area contributed by atoms with Crippen molar-refractivity contribution in [3.05, 3.63) is 89.0 Å². The van der Waals surface area contributed by atoms with Gasteiger partial charge in [-0.05, 0) is 42.8 Å². The number of nitrogens with zero attached hydrogens (tertiary/aromatic N) is 3. The second kappa shape index (κ2) is 10.6. The van der Waals surface area contributed by atoms with Crippen LogP contribution in [0.3, 0.4) is 0 Å². The summed E-state index contributed by atoms with van der Waals surface area (Å²) in [5.41, 5.74) is 4.60. The predicted molar refractivity (Wildman–Crippen MR) is 124 cm³/mol. The Morgan fingerprint density at radius 1 is 1.19 bits per heavy atom. The van der Waals surface area contributed by atoms with Gasteiger partial charge < -0.3 is 9.47 Å². The Labute approximate surface area is 189 Å². The fraction of sp³-hybridized carbons (Fsp3) is 0.346. The first-order chi connectivity index (χ1) is 15.6. The monoisotopic (exact) mass is 435 g/mol. The molecule has 1 unspecified atom stereocenters. The molecular formula is C26H30FN3O2. The normalized spacial score (nSPS) is 17.5. The Morgan fingerprint density at radius 2 is 1.97 bits per heavy atom. The van der Waals surface area contributed by atoms with Crippen LogP contribution in [0.4, 0.5) is 4.39 Å². The van der Waals surface area contributed by atoms with Crippen molar-refractivity contribution in [2.45, 2.75) is 19.4 Å². The molecule has 3 aromatic rings. The second-order valence-corrected chi connectivity index (χ2v) is 8.23. The van der Waals surface area contributed by atoms with Crippen LogP contribution >= 0.6 is 0 Å². The zero-order valence-corrected chi connectivity index (χ0v) is 18.7. The lowest BCUT2D eigenvalue weighted by molar-refractivity contribution is -0.0291. The number of hydrogen-bond donors (Lipinski definition) is 0. The van der Waals surface area contributed by atoms with E-state index in [1.54, 1.807) is 12.1 Å². The number of morpholine rings is 1. The highest BCUT2D eigenvalue weighted by molar-refractivity contribution is 5.52. The molecule has 0 saturated carbocycles. The van der Waals surface area contributed by atoms with Gasteiger partial charge in [0.15, 0.2) is 0 Å². The van der Waals surface area contributed by atoms with Crippen LogP contribution in [0.25, 0.3) is 6.08 Å². The molecule has 0 radical (unpaired) electrons. The summed E-state index contributed by atoms with van der Waals surface area (Å²) in [5, 5.41) is 4.70. The van der Waals surface area contributed by atoms with E-state index in [4.69, 9.17) is 14.6 Å². The zero-order valence-electron chi connectivity index (χ0n) is 18.7. The summed E-state index contributed by atoms with van der Waals surface area (Å²) in [6, 6.07) is 18.6. The molecular weight excluding hydrogens is 405 g/mol. The topological polar surface area (TPSA) is 39.5 Å². The van der Waals surface area contributed by atoms with E-state index < -0.39 is 0 Å². The number of hydrogen-bond acceptors (Lipinski definition) is 4. The maximum absolute atomic E-state index is 13.0. The lowest BCUT2D eigenvalue weighted by atomic mass is 10.1. The molecule has 32 heavy (non-hydrogen) atoms. The van der Waals surface area contributed by atoms with Gasteiger partial charge in [-0.1, -0.05) is 42.0 Å². The fourth-order valence-corrected chi connectivity index (χ4v) is 3.98. The van der Waals surface area contributed by atoms with Gasteiger partial charge >= 0.3 is 0 Å². The highest BCUT2D eigenvalue weighted by atomic mass is 19.1. The first kappa shape index (κ1) is 22.2. The average Bonchev–Trinajstić information content (AvgIpc) is 3.16. The largest absolute Gasteiger partial charge is 0.493 e. The summed E-state index contributed by atoms with van der Waals surface area (Å²) in [7, 11) is 1.95. The number of aromatic nitrogens is 2. The number of halogens is 1. The Bertz CT molecular complexity index is 1030. The predicted octanol–water partition coefficient (Wildman–Crippen LogP) is 4.66. The molecule has 6 heteroatoms. The van der Waals surface area contributed by atoms with Crippen LogP contribution in [0.15, 0.2) is 66.2 Å². The number of rotatable bonds is 8. The van der Waals surface area contributed by atoms with E-state index >= 15 is 0 Å². The molecule has 1 aliphatic heterocycles. The molecule has 1 aromatic heterocycles. The van der Waals surface area contributed by atoms with E-state index in [1.807, 2.05) is 17.8 Å². The maximum Gasteiger partial charge on any atom is 0.123 e. The minimum atomic E-state index is -0.263. The molecule has 2 aromatic carbocycles.